The minimum Gasteiger partial charge on any atom is -0.462 e. The highest BCUT2D eigenvalue weighted by Gasteiger charge is 2.23. The molecule has 0 aromatic rings. The summed E-state index contributed by atoms with van der Waals surface area (Å²) < 4.78 is 18.5. The molecule has 47 heavy (non-hydrogen) atoms. The molecule has 0 saturated heterocycles. The van der Waals surface area contributed by atoms with Gasteiger partial charge in [-0.25, -0.2) is 4.79 Å². The Morgan fingerprint density at radius 3 is 1.34 bits per heavy atom. The molecule has 0 bridgehead atoms. The molecule has 0 amide bonds. The molecule has 0 N–H and O–H groups in total. The Morgan fingerprint density at radius 1 is 0.532 bits per heavy atom. The predicted octanol–water partition coefficient (Wildman–Crippen LogP) is 13.9. The van der Waals surface area contributed by atoms with E-state index in [1.807, 2.05) is 0 Å². The van der Waals surface area contributed by atoms with Gasteiger partial charge in [0.1, 0.15) is 0 Å². The molecule has 1 atom stereocenters. The SMILES string of the molecule is C=C(C)C(=O)OCCCC(CCCCCCCC)C(OCCCCCCCCCC(C)(C)C)OCCCCCCCCCC(C)(C)C. The van der Waals surface area contributed by atoms with Crippen LogP contribution in [0.15, 0.2) is 12.2 Å². The van der Waals surface area contributed by atoms with Gasteiger partial charge in [0.15, 0.2) is 6.29 Å². The lowest BCUT2D eigenvalue weighted by Gasteiger charge is -2.28. The molecule has 1 unspecified atom stereocenters. The Kier molecular flexibility index (Phi) is 29.4. The number of hydrogen-bond donors (Lipinski definition) is 0. The first-order chi connectivity index (χ1) is 22.4. The highest BCUT2D eigenvalue weighted by atomic mass is 16.7. The fourth-order valence-corrected chi connectivity index (χ4v) is 6.24. The molecule has 0 spiro atoms. The van der Waals surface area contributed by atoms with Gasteiger partial charge in [-0.05, 0) is 62.7 Å². The van der Waals surface area contributed by atoms with Crippen LogP contribution >= 0.6 is 0 Å². The number of ether oxygens (including phenoxy) is 3. The zero-order valence-electron chi connectivity index (χ0n) is 33.3. The number of unbranched alkanes of at least 4 members (excludes halogenated alkanes) is 17. The first-order valence-corrected chi connectivity index (χ1v) is 20.4. The third-order valence-electron chi connectivity index (χ3n) is 9.32. The number of esters is 1. The van der Waals surface area contributed by atoms with Crippen LogP contribution in [0.2, 0.25) is 0 Å². The molecule has 0 saturated carbocycles. The van der Waals surface area contributed by atoms with Crippen LogP contribution in [0.25, 0.3) is 0 Å². The van der Waals surface area contributed by atoms with Gasteiger partial charge >= 0.3 is 5.97 Å². The van der Waals surface area contributed by atoms with E-state index >= 15 is 0 Å². The van der Waals surface area contributed by atoms with E-state index in [-0.39, 0.29) is 12.3 Å². The van der Waals surface area contributed by atoms with Gasteiger partial charge in [-0.2, -0.15) is 0 Å². The van der Waals surface area contributed by atoms with E-state index in [4.69, 9.17) is 14.2 Å². The molecule has 4 nitrogen and oxygen atoms in total. The molecule has 0 radical (unpaired) electrons. The van der Waals surface area contributed by atoms with Crippen LogP contribution in [0.4, 0.5) is 0 Å². The van der Waals surface area contributed by atoms with Crippen molar-refractivity contribution in [1.29, 1.82) is 0 Å². The molecule has 0 aromatic carbocycles. The highest BCUT2D eigenvalue weighted by molar-refractivity contribution is 5.86. The number of hydrogen-bond acceptors (Lipinski definition) is 4. The van der Waals surface area contributed by atoms with Gasteiger partial charge in [0.2, 0.25) is 0 Å². The third kappa shape index (κ3) is 33.4. The first kappa shape index (κ1) is 46.1. The number of carbonyl (C=O) groups excluding carboxylic acids is 1. The molecule has 0 rings (SSSR count). The fraction of sp³-hybridized carbons (Fsp3) is 0.930. The number of carbonyl (C=O) groups is 1. The predicted molar refractivity (Wildman–Crippen MR) is 205 cm³/mol. The Bertz CT molecular complexity index is 682. The molecule has 0 aliphatic carbocycles. The maximum absolute atomic E-state index is 11.9. The summed E-state index contributed by atoms with van der Waals surface area (Å²) in [5.74, 6) is 0.0558. The largest absolute Gasteiger partial charge is 0.462 e. The third-order valence-corrected chi connectivity index (χ3v) is 9.32. The van der Waals surface area contributed by atoms with E-state index in [9.17, 15) is 4.79 Å². The summed E-state index contributed by atoms with van der Waals surface area (Å²) in [6, 6.07) is 0. The molecule has 0 aromatic heterocycles. The molecule has 0 fully saturated rings. The zero-order chi connectivity index (χ0) is 35.2. The van der Waals surface area contributed by atoms with Crippen molar-refractivity contribution in [2.24, 2.45) is 16.7 Å². The highest BCUT2D eigenvalue weighted by Crippen LogP contribution is 2.26. The van der Waals surface area contributed by atoms with E-state index in [0.717, 1.165) is 45.3 Å². The average molecular weight is 665 g/mol. The van der Waals surface area contributed by atoms with Crippen molar-refractivity contribution < 1.29 is 19.0 Å². The van der Waals surface area contributed by atoms with Crippen LogP contribution in [-0.2, 0) is 19.0 Å². The maximum Gasteiger partial charge on any atom is 0.333 e. The van der Waals surface area contributed by atoms with E-state index < -0.39 is 0 Å². The van der Waals surface area contributed by atoms with Gasteiger partial charge in [-0.1, -0.05) is 171 Å². The van der Waals surface area contributed by atoms with Crippen LogP contribution in [0.5, 0.6) is 0 Å². The summed E-state index contributed by atoms with van der Waals surface area (Å²) in [6.45, 7) is 23.8. The zero-order valence-corrected chi connectivity index (χ0v) is 33.3. The normalized spacial score (nSPS) is 13.0. The van der Waals surface area contributed by atoms with Gasteiger partial charge in [0, 0.05) is 24.7 Å². The molecule has 0 aliphatic heterocycles. The maximum atomic E-state index is 11.9. The van der Waals surface area contributed by atoms with Gasteiger partial charge in [-0.15, -0.1) is 0 Å². The summed E-state index contributed by atoms with van der Waals surface area (Å²) in [4.78, 5) is 11.9. The van der Waals surface area contributed by atoms with Crippen molar-refractivity contribution in [3.8, 4) is 0 Å². The summed E-state index contributed by atoms with van der Waals surface area (Å²) in [7, 11) is 0. The van der Waals surface area contributed by atoms with Gasteiger partial charge in [0.05, 0.1) is 6.61 Å². The van der Waals surface area contributed by atoms with Crippen molar-refractivity contribution in [2.75, 3.05) is 19.8 Å². The van der Waals surface area contributed by atoms with E-state index in [0.29, 0.717) is 28.9 Å². The minimum absolute atomic E-state index is 0.155. The molecule has 0 heterocycles. The Morgan fingerprint density at radius 2 is 0.915 bits per heavy atom. The van der Waals surface area contributed by atoms with Crippen molar-refractivity contribution in [3.05, 3.63) is 12.2 Å². The van der Waals surface area contributed by atoms with E-state index in [1.54, 1.807) is 6.92 Å². The van der Waals surface area contributed by atoms with Crippen LogP contribution in [-0.4, -0.2) is 32.1 Å². The van der Waals surface area contributed by atoms with Gasteiger partial charge in [-0.3, -0.25) is 0 Å². The summed E-state index contributed by atoms with van der Waals surface area (Å²) in [5.41, 5.74) is 1.39. The van der Waals surface area contributed by atoms with Gasteiger partial charge in [0.25, 0.3) is 0 Å². The summed E-state index contributed by atoms with van der Waals surface area (Å²) in [6.07, 6.45) is 31.3. The van der Waals surface area contributed by atoms with Crippen molar-refractivity contribution in [1.82, 2.24) is 0 Å². The summed E-state index contributed by atoms with van der Waals surface area (Å²) in [5, 5.41) is 0. The van der Waals surface area contributed by atoms with Crippen LogP contribution in [0.1, 0.15) is 216 Å². The van der Waals surface area contributed by atoms with Crippen molar-refractivity contribution in [3.63, 3.8) is 0 Å². The monoisotopic (exact) mass is 665 g/mol. The second kappa shape index (κ2) is 30.0. The van der Waals surface area contributed by atoms with Crippen molar-refractivity contribution in [2.45, 2.75) is 222 Å². The van der Waals surface area contributed by atoms with Gasteiger partial charge < -0.3 is 14.2 Å². The molecule has 4 heteroatoms. The van der Waals surface area contributed by atoms with Crippen LogP contribution in [0.3, 0.4) is 0 Å². The molecule has 280 valence electrons. The Labute approximate surface area is 295 Å². The topological polar surface area (TPSA) is 44.8 Å². The van der Waals surface area contributed by atoms with E-state index in [2.05, 4.69) is 55.0 Å². The fourth-order valence-electron chi connectivity index (χ4n) is 6.24. The second-order valence-corrected chi connectivity index (χ2v) is 17.1. The Balaban J connectivity index is 4.82. The second-order valence-electron chi connectivity index (χ2n) is 17.1. The summed E-state index contributed by atoms with van der Waals surface area (Å²) >= 11 is 0. The van der Waals surface area contributed by atoms with Crippen molar-refractivity contribution >= 4 is 5.97 Å². The lowest BCUT2D eigenvalue weighted by atomic mass is 9.89. The average Bonchev–Trinajstić information content (AvgIpc) is 2.99. The Hall–Kier alpha value is -0.870. The molecular formula is C43H84O4. The number of rotatable bonds is 33. The lowest BCUT2D eigenvalue weighted by Crippen LogP contribution is -2.29. The van der Waals surface area contributed by atoms with E-state index in [1.165, 1.54) is 128 Å². The first-order valence-electron chi connectivity index (χ1n) is 20.4. The molecule has 0 aliphatic rings. The van der Waals surface area contributed by atoms with Crippen LogP contribution < -0.4 is 0 Å². The van der Waals surface area contributed by atoms with Crippen LogP contribution in [0, 0.1) is 16.7 Å². The lowest BCUT2D eigenvalue weighted by molar-refractivity contribution is -0.177. The minimum atomic E-state index is -0.287. The standard InChI is InChI=1S/C43H84O4/c1-10-11-12-13-20-25-31-39(32-30-37-45-40(44)38(2)3)41(46-35-28-23-18-14-16-21-26-33-42(4,5)6)47-36-29-24-19-15-17-22-27-34-43(7,8)9/h39,41H,2,10-37H2,1,3-9H3. The smallest absolute Gasteiger partial charge is 0.333 e. The quantitative estimate of drug-likeness (QED) is 0.0303. The molecular weight excluding hydrogens is 580 g/mol.